The van der Waals surface area contributed by atoms with Crippen molar-refractivity contribution >= 4 is 32.9 Å². The van der Waals surface area contributed by atoms with E-state index in [-0.39, 0.29) is 12.5 Å². The lowest BCUT2D eigenvalue weighted by Gasteiger charge is -2.37. The van der Waals surface area contributed by atoms with Gasteiger partial charge in [0.05, 0.1) is 7.11 Å². The van der Waals surface area contributed by atoms with Gasteiger partial charge >= 0.3 is 21.6 Å². The van der Waals surface area contributed by atoms with Gasteiger partial charge in [-0.25, -0.2) is 9.00 Å². The van der Waals surface area contributed by atoms with Crippen LogP contribution >= 0.6 is 0 Å². The Labute approximate surface area is 173 Å². The van der Waals surface area contributed by atoms with E-state index in [1.165, 1.54) is 0 Å². The summed E-state index contributed by atoms with van der Waals surface area (Å²) in [6.45, 7) is -0.0310. The number of fused-ring (bicyclic) bond motifs is 1. The van der Waals surface area contributed by atoms with Crippen molar-refractivity contribution < 1.29 is 44.3 Å². The topological polar surface area (TPSA) is 107 Å². The Bertz CT molecular complexity index is 976. The summed E-state index contributed by atoms with van der Waals surface area (Å²) in [5.74, 6) is -2.99. The maximum absolute atomic E-state index is 13.2. The molecular weight excluding hydrogens is 451 g/mol. The molecule has 0 aromatic rings. The van der Waals surface area contributed by atoms with Crippen molar-refractivity contribution in [3.05, 3.63) is 35.3 Å². The number of esters is 1. The summed E-state index contributed by atoms with van der Waals surface area (Å²) in [4.78, 5) is 24.8. The molecule has 1 saturated carbocycles. The van der Waals surface area contributed by atoms with Gasteiger partial charge in [-0.15, -0.1) is 0 Å². The summed E-state index contributed by atoms with van der Waals surface area (Å²) < 4.78 is 85.4. The standard InChI is InChI=1S/C17H18F3NO7S2/c1-27-16(23)13-14(28-30(25,26)17(18,19)20)11-7-4-8-12(22)15(11)29(24)21(13)9-10-5-2-3-6-10/h4,7-8,10,15H,2-3,5-6,9H2,1H3. The second-order valence-electron chi connectivity index (χ2n) is 6.90. The average molecular weight is 469 g/mol. The fraction of sp³-hybridized carbons (Fsp3) is 0.529. The molecule has 166 valence electrons. The molecule has 2 atom stereocenters. The molecular formula is C17H18F3NO7S2. The molecule has 2 aliphatic carbocycles. The highest BCUT2D eigenvalue weighted by Gasteiger charge is 2.53. The number of hydrogen-bond donors (Lipinski definition) is 0. The summed E-state index contributed by atoms with van der Waals surface area (Å²) >= 11 is 0. The van der Waals surface area contributed by atoms with Crippen molar-refractivity contribution in [2.45, 2.75) is 36.4 Å². The third kappa shape index (κ3) is 4.04. The minimum Gasteiger partial charge on any atom is -0.464 e. The maximum atomic E-state index is 13.2. The van der Waals surface area contributed by atoms with Crippen molar-refractivity contribution in [2.24, 2.45) is 5.92 Å². The van der Waals surface area contributed by atoms with Crippen LogP contribution in [0.5, 0.6) is 0 Å². The second kappa shape index (κ2) is 8.17. The first-order valence-corrected chi connectivity index (χ1v) is 11.5. The summed E-state index contributed by atoms with van der Waals surface area (Å²) in [6, 6.07) is 0. The van der Waals surface area contributed by atoms with Crippen LogP contribution in [0.25, 0.3) is 0 Å². The van der Waals surface area contributed by atoms with Gasteiger partial charge in [0.1, 0.15) is 16.2 Å². The van der Waals surface area contributed by atoms with E-state index < -0.39 is 60.6 Å². The minimum atomic E-state index is -6.18. The van der Waals surface area contributed by atoms with Crippen LogP contribution < -0.4 is 0 Å². The normalized spacial score (nSPS) is 25.3. The molecule has 1 heterocycles. The summed E-state index contributed by atoms with van der Waals surface area (Å²) in [7, 11) is -7.43. The molecule has 30 heavy (non-hydrogen) atoms. The Kier molecular flexibility index (Phi) is 6.14. The molecule has 0 N–H and O–H groups in total. The van der Waals surface area contributed by atoms with Gasteiger partial charge in [-0.1, -0.05) is 25.0 Å². The summed E-state index contributed by atoms with van der Waals surface area (Å²) in [5, 5.41) is -1.50. The van der Waals surface area contributed by atoms with E-state index in [1.807, 2.05) is 0 Å². The Morgan fingerprint density at radius 2 is 1.93 bits per heavy atom. The lowest BCUT2D eigenvalue weighted by atomic mass is 9.99. The zero-order valence-corrected chi connectivity index (χ0v) is 17.3. The largest absolute Gasteiger partial charge is 0.534 e. The summed E-state index contributed by atoms with van der Waals surface area (Å²) in [5.41, 5.74) is -6.89. The van der Waals surface area contributed by atoms with Crippen LogP contribution in [0.1, 0.15) is 25.7 Å². The molecule has 0 aromatic heterocycles. The van der Waals surface area contributed by atoms with Gasteiger partial charge < -0.3 is 8.92 Å². The van der Waals surface area contributed by atoms with Crippen LogP contribution in [0.3, 0.4) is 0 Å². The number of carbonyl (C=O) groups is 2. The first-order chi connectivity index (χ1) is 14.0. The van der Waals surface area contributed by atoms with Gasteiger partial charge in [0, 0.05) is 12.1 Å². The number of carbonyl (C=O) groups excluding carboxylic acids is 2. The minimum absolute atomic E-state index is 0.0310. The van der Waals surface area contributed by atoms with E-state index in [0.29, 0.717) is 0 Å². The number of nitrogens with zero attached hydrogens (tertiary/aromatic N) is 1. The van der Waals surface area contributed by atoms with Gasteiger partial charge in [0.15, 0.2) is 17.2 Å². The van der Waals surface area contributed by atoms with E-state index in [1.54, 1.807) is 0 Å². The number of alkyl halides is 3. The fourth-order valence-electron chi connectivity index (χ4n) is 3.57. The fourth-order valence-corrected chi connectivity index (χ4v) is 5.69. The number of ketones is 1. The Balaban J connectivity index is 2.20. The molecule has 3 aliphatic rings. The Morgan fingerprint density at radius 1 is 1.30 bits per heavy atom. The predicted molar refractivity (Wildman–Crippen MR) is 97.9 cm³/mol. The molecule has 0 amide bonds. The van der Waals surface area contributed by atoms with Crippen molar-refractivity contribution in [1.29, 1.82) is 0 Å². The first-order valence-electron chi connectivity index (χ1n) is 8.92. The highest BCUT2D eigenvalue weighted by molar-refractivity contribution is 7.87. The maximum Gasteiger partial charge on any atom is 0.534 e. The summed E-state index contributed by atoms with van der Waals surface area (Å²) in [6.07, 6.45) is 6.52. The molecule has 0 radical (unpaired) electrons. The van der Waals surface area contributed by atoms with Crippen molar-refractivity contribution in [1.82, 2.24) is 4.31 Å². The van der Waals surface area contributed by atoms with E-state index in [0.717, 1.165) is 55.3 Å². The monoisotopic (exact) mass is 469 g/mol. The van der Waals surface area contributed by atoms with Crippen LogP contribution in [0, 0.1) is 5.92 Å². The van der Waals surface area contributed by atoms with Crippen LogP contribution in [0.2, 0.25) is 0 Å². The van der Waals surface area contributed by atoms with Gasteiger partial charge in [-0.2, -0.15) is 21.6 Å². The van der Waals surface area contributed by atoms with Crippen LogP contribution in [-0.2, 0) is 39.6 Å². The van der Waals surface area contributed by atoms with Gasteiger partial charge in [-0.05, 0) is 24.8 Å². The van der Waals surface area contributed by atoms with Gasteiger partial charge in [-0.3, -0.25) is 9.10 Å². The highest BCUT2D eigenvalue weighted by atomic mass is 32.2. The van der Waals surface area contributed by atoms with E-state index in [9.17, 15) is 35.4 Å². The number of hydrogen-bond acceptors (Lipinski definition) is 7. The zero-order valence-electron chi connectivity index (χ0n) is 15.7. The van der Waals surface area contributed by atoms with Crippen molar-refractivity contribution in [3.63, 3.8) is 0 Å². The lowest BCUT2D eigenvalue weighted by molar-refractivity contribution is -0.137. The smallest absolute Gasteiger partial charge is 0.464 e. The third-order valence-corrected chi connectivity index (χ3v) is 7.59. The molecule has 2 unspecified atom stereocenters. The lowest BCUT2D eigenvalue weighted by Crippen LogP contribution is -2.48. The average Bonchev–Trinajstić information content (AvgIpc) is 3.17. The Hall–Kier alpha value is -2.15. The number of halogens is 3. The quantitative estimate of drug-likeness (QED) is 0.344. The predicted octanol–water partition coefficient (Wildman–Crippen LogP) is 1.84. The molecule has 0 aromatic carbocycles. The number of rotatable bonds is 5. The van der Waals surface area contributed by atoms with Gasteiger partial charge in [0.25, 0.3) is 0 Å². The van der Waals surface area contributed by atoms with E-state index >= 15 is 0 Å². The SMILES string of the molecule is COC(=O)C1=C(OS(=O)(=O)C(F)(F)F)C2=CC=CC(=O)C2S(=O)N1CC1CCCC1. The molecule has 8 nitrogen and oxygen atoms in total. The van der Waals surface area contributed by atoms with Crippen molar-refractivity contribution in [2.75, 3.05) is 13.7 Å². The van der Waals surface area contributed by atoms with Crippen LogP contribution in [-0.4, -0.2) is 53.1 Å². The third-order valence-electron chi connectivity index (χ3n) is 4.98. The molecule has 13 heteroatoms. The van der Waals surface area contributed by atoms with E-state index in [2.05, 4.69) is 8.92 Å². The molecule has 0 spiro atoms. The first kappa shape index (κ1) is 22.5. The van der Waals surface area contributed by atoms with Crippen LogP contribution in [0.15, 0.2) is 35.3 Å². The Morgan fingerprint density at radius 3 is 2.50 bits per heavy atom. The molecule has 1 fully saturated rings. The molecule has 3 rings (SSSR count). The van der Waals surface area contributed by atoms with Crippen molar-refractivity contribution in [3.8, 4) is 0 Å². The number of allylic oxidation sites excluding steroid dienone is 4. The van der Waals surface area contributed by atoms with Crippen LogP contribution in [0.4, 0.5) is 13.2 Å². The second-order valence-corrected chi connectivity index (χ2v) is 9.91. The molecule has 0 bridgehead atoms. The highest BCUT2D eigenvalue weighted by Crippen LogP contribution is 2.40. The molecule has 0 saturated heterocycles. The van der Waals surface area contributed by atoms with Gasteiger partial charge in [0.2, 0.25) is 0 Å². The molecule has 1 aliphatic heterocycles. The zero-order chi connectivity index (χ0) is 22.3. The number of methoxy groups -OCH3 is 1. The number of ether oxygens (including phenoxy) is 1. The van der Waals surface area contributed by atoms with E-state index in [4.69, 9.17) is 0 Å².